The maximum Gasteiger partial charge on any atom is 0.249 e. The minimum Gasteiger partial charge on any atom is -0.394 e. The largest absolute Gasteiger partial charge is 0.394 e. The van der Waals surface area contributed by atoms with Crippen molar-refractivity contribution in [1.29, 1.82) is 0 Å². The first-order valence-electron chi connectivity index (χ1n) is 21.5. The molecule has 0 aromatic heterocycles. The molecule has 0 rings (SSSR count). The fraction of sp³-hybridized carbons (Fsp3) is 0.800. The van der Waals surface area contributed by atoms with E-state index in [2.05, 4.69) is 60.8 Å². The van der Waals surface area contributed by atoms with Gasteiger partial charge in [-0.25, -0.2) is 0 Å². The molecule has 0 radical (unpaired) electrons. The topological polar surface area (TPSA) is 110 Å². The van der Waals surface area contributed by atoms with Crippen molar-refractivity contribution < 1.29 is 25.2 Å². The zero-order valence-corrected chi connectivity index (χ0v) is 33.3. The highest BCUT2D eigenvalue weighted by atomic mass is 16.3. The summed E-state index contributed by atoms with van der Waals surface area (Å²) in [6.45, 7) is 3.81. The summed E-state index contributed by atoms with van der Waals surface area (Å²) in [5.41, 5.74) is 0. The SMILES string of the molecule is C/C=C/CC/C=C/CC/C=C/CCCC(O)C(O)C(CO)NC(=O)C(O)CCCCCCCCC/C=C\CCCCCCCCCCCCCC. The van der Waals surface area contributed by atoms with E-state index in [1.807, 2.05) is 6.92 Å². The number of aliphatic hydroxyl groups excluding tert-OH is 4. The van der Waals surface area contributed by atoms with Gasteiger partial charge in [0, 0.05) is 0 Å². The summed E-state index contributed by atoms with van der Waals surface area (Å²) < 4.78 is 0. The Morgan fingerprint density at radius 1 is 0.510 bits per heavy atom. The number of nitrogens with one attached hydrogen (secondary N) is 1. The standard InChI is InChI=1S/C45H83NO5/c1-3-5-7-9-11-13-15-17-18-19-20-21-22-23-24-25-26-27-29-31-33-35-37-39-43(49)45(51)46-41(40-47)44(50)42(48)38-36-34-32-30-28-16-14-12-10-8-6-4-2/h4,6,12,14,23-24,30,32,41-44,47-50H,3,5,7-11,13,15-22,25-29,31,33-40H2,1-2H3,(H,46,51)/b6-4+,14-12+,24-23-,32-30+. The van der Waals surface area contributed by atoms with Crippen molar-refractivity contribution in [2.24, 2.45) is 0 Å². The molecule has 0 aromatic rings. The molecular formula is C45H83NO5. The number of unbranched alkanes of at least 4 members (excludes halogenated alkanes) is 22. The fourth-order valence-corrected chi connectivity index (χ4v) is 6.38. The molecule has 0 saturated carbocycles. The average molecular weight is 718 g/mol. The van der Waals surface area contributed by atoms with E-state index in [4.69, 9.17) is 0 Å². The van der Waals surface area contributed by atoms with E-state index in [9.17, 15) is 25.2 Å². The van der Waals surface area contributed by atoms with Gasteiger partial charge in [0.15, 0.2) is 0 Å². The quantitative estimate of drug-likeness (QED) is 0.0323. The zero-order valence-electron chi connectivity index (χ0n) is 33.3. The third kappa shape index (κ3) is 33.8. The molecule has 0 bridgehead atoms. The Morgan fingerprint density at radius 2 is 0.902 bits per heavy atom. The molecule has 0 aliphatic rings. The number of allylic oxidation sites excluding steroid dienone is 8. The van der Waals surface area contributed by atoms with Crippen molar-refractivity contribution in [2.75, 3.05) is 6.61 Å². The highest BCUT2D eigenvalue weighted by molar-refractivity contribution is 5.80. The molecule has 4 atom stereocenters. The molecule has 0 fully saturated rings. The van der Waals surface area contributed by atoms with Gasteiger partial charge in [0.25, 0.3) is 0 Å². The van der Waals surface area contributed by atoms with Crippen molar-refractivity contribution >= 4 is 5.91 Å². The maximum atomic E-state index is 12.5. The molecular weight excluding hydrogens is 634 g/mol. The Bertz CT molecular complexity index is 854. The molecule has 4 unspecified atom stereocenters. The van der Waals surface area contributed by atoms with Gasteiger partial charge < -0.3 is 25.7 Å². The van der Waals surface area contributed by atoms with Gasteiger partial charge in [0.05, 0.1) is 18.8 Å². The Morgan fingerprint density at radius 3 is 1.35 bits per heavy atom. The number of aliphatic hydroxyl groups is 4. The fourth-order valence-electron chi connectivity index (χ4n) is 6.38. The lowest BCUT2D eigenvalue weighted by atomic mass is 10.00. The van der Waals surface area contributed by atoms with Gasteiger partial charge in [0.1, 0.15) is 12.2 Å². The summed E-state index contributed by atoms with van der Waals surface area (Å²) in [6.07, 6.45) is 47.3. The van der Waals surface area contributed by atoms with Crippen LogP contribution in [0.25, 0.3) is 0 Å². The highest BCUT2D eigenvalue weighted by Crippen LogP contribution is 2.15. The van der Waals surface area contributed by atoms with Crippen molar-refractivity contribution in [3.63, 3.8) is 0 Å². The number of amides is 1. The van der Waals surface area contributed by atoms with E-state index in [0.717, 1.165) is 51.4 Å². The Kier molecular flexibility index (Phi) is 38.1. The summed E-state index contributed by atoms with van der Waals surface area (Å²) in [7, 11) is 0. The molecule has 0 aromatic carbocycles. The van der Waals surface area contributed by atoms with Gasteiger partial charge in [-0.15, -0.1) is 0 Å². The Balaban J connectivity index is 3.75. The summed E-state index contributed by atoms with van der Waals surface area (Å²) in [5, 5.41) is 43.5. The second kappa shape index (κ2) is 39.5. The van der Waals surface area contributed by atoms with Gasteiger partial charge in [-0.2, -0.15) is 0 Å². The predicted octanol–water partition coefficient (Wildman–Crippen LogP) is 11.1. The number of hydrogen-bond acceptors (Lipinski definition) is 5. The van der Waals surface area contributed by atoms with E-state index >= 15 is 0 Å². The van der Waals surface area contributed by atoms with E-state index < -0.39 is 36.9 Å². The second-order valence-electron chi connectivity index (χ2n) is 14.7. The van der Waals surface area contributed by atoms with Gasteiger partial charge in [-0.05, 0) is 84.0 Å². The number of carbonyl (C=O) groups excluding carboxylic acids is 1. The number of hydrogen-bond donors (Lipinski definition) is 5. The monoisotopic (exact) mass is 718 g/mol. The minimum atomic E-state index is -1.29. The molecule has 0 saturated heterocycles. The van der Waals surface area contributed by atoms with Crippen molar-refractivity contribution in [1.82, 2.24) is 5.32 Å². The first-order chi connectivity index (χ1) is 25.0. The normalized spacial score (nSPS) is 14.7. The van der Waals surface area contributed by atoms with Crippen LogP contribution in [0.1, 0.15) is 200 Å². The molecule has 0 spiro atoms. The van der Waals surface area contributed by atoms with Crippen LogP contribution in [0.2, 0.25) is 0 Å². The first kappa shape index (κ1) is 49.3. The highest BCUT2D eigenvalue weighted by Gasteiger charge is 2.28. The van der Waals surface area contributed by atoms with Gasteiger partial charge in [-0.3, -0.25) is 4.79 Å². The Labute approximate surface area is 315 Å². The lowest BCUT2D eigenvalue weighted by molar-refractivity contribution is -0.132. The smallest absolute Gasteiger partial charge is 0.249 e. The second-order valence-corrected chi connectivity index (χ2v) is 14.7. The van der Waals surface area contributed by atoms with Gasteiger partial charge in [-0.1, -0.05) is 165 Å². The minimum absolute atomic E-state index is 0.352. The molecule has 6 nitrogen and oxygen atoms in total. The molecule has 51 heavy (non-hydrogen) atoms. The molecule has 0 heterocycles. The van der Waals surface area contributed by atoms with Crippen LogP contribution in [0.5, 0.6) is 0 Å². The van der Waals surface area contributed by atoms with Crippen LogP contribution in [0.15, 0.2) is 48.6 Å². The van der Waals surface area contributed by atoms with Crippen LogP contribution >= 0.6 is 0 Å². The van der Waals surface area contributed by atoms with E-state index in [1.54, 1.807) is 0 Å². The maximum absolute atomic E-state index is 12.5. The van der Waals surface area contributed by atoms with E-state index in [0.29, 0.717) is 19.3 Å². The molecule has 0 aliphatic heterocycles. The van der Waals surface area contributed by atoms with Crippen LogP contribution in [0, 0.1) is 0 Å². The first-order valence-corrected chi connectivity index (χ1v) is 21.5. The van der Waals surface area contributed by atoms with E-state index in [1.165, 1.54) is 116 Å². The predicted molar refractivity (Wildman–Crippen MR) is 219 cm³/mol. The summed E-state index contributed by atoms with van der Waals surface area (Å²) >= 11 is 0. The number of rotatable bonds is 38. The molecule has 6 heteroatoms. The van der Waals surface area contributed by atoms with E-state index in [-0.39, 0.29) is 0 Å². The molecule has 1 amide bonds. The molecule has 5 N–H and O–H groups in total. The van der Waals surface area contributed by atoms with Crippen LogP contribution in [0.3, 0.4) is 0 Å². The summed E-state index contributed by atoms with van der Waals surface area (Å²) in [5.74, 6) is -0.606. The zero-order chi connectivity index (χ0) is 37.5. The van der Waals surface area contributed by atoms with Crippen LogP contribution in [0.4, 0.5) is 0 Å². The van der Waals surface area contributed by atoms with Crippen molar-refractivity contribution in [3.8, 4) is 0 Å². The van der Waals surface area contributed by atoms with Gasteiger partial charge >= 0.3 is 0 Å². The van der Waals surface area contributed by atoms with Crippen LogP contribution in [-0.2, 0) is 4.79 Å². The average Bonchev–Trinajstić information content (AvgIpc) is 3.13. The molecule has 298 valence electrons. The lowest BCUT2D eigenvalue weighted by Gasteiger charge is -2.27. The number of carbonyl (C=O) groups is 1. The Hall–Kier alpha value is -1.73. The van der Waals surface area contributed by atoms with Crippen molar-refractivity contribution in [2.45, 2.75) is 224 Å². The van der Waals surface area contributed by atoms with Crippen LogP contribution < -0.4 is 5.32 Å². The molecule has 0 aliphatic carbocycles. The summed E-state index contributed by atoms with van der Waals surface area (Å²) in [6, 6.07) is -1.01. The lowest BCUT2D eigenvalue weighted by Crippen LogP contribution is -2.53. The van der Waals surface area contributed by atoms with Crippen LogP contribution in [-0.4, -0.2) is 57.3 Å². The van der Waals surface area contributed by atoms with Crippen molar-refractivity contribution in [3.05, 3.63) is 48.6 Å². The summed E-state index contributed by atoms with van der Waals surface area (Å²) in [4.78, 5) is 12.5. The third-order valence-electron chi connectivity index (χ3n) is 9.81. The third-order valence-corrected chi connectivity index (χ3v) is 9.81. The van der Waals surface area contributed by atoms with Gasteiger partial charge in [0.2, 0.25) is 5.91 Å².